The minimum atomic E-state index is -0.281. The van der Waals surface area contributed by atoms with Gasteiger partial charge in [-0.1, -0.05) is 0 Å². The molecular weight excluding hydrogens is 247 g/mol. The Labute approximate surface area is 109 Å². The third kappa shape index (κ3) is 4.21. The Morgan fingerprint density at radius 3 is 2.42 bits per heavy atom. The van der Waals surface area contributed by atoms with Crippen LogP contribution < -0.4 is 0 Å². The van der Waals surface area contributed by atoms with Gasteiger partial charge in [-0.3, -0.25) is 9.78 Å². The summed E-state index contributed by atoms with van der Waals surface area (Å²) in [6.45, 7) is 1.58. The summed E-state index contributed by atoms with van der Waals surface area (Å²) in [5, 5.41) is 15.7. The van der Waals surface area contributed by atoms with Crippen LogP contribution in [-0.4, -0.2) is 16.6 Å². The van der Waals surface area contributed by atoms with E-state index in [2.05, 4.69) is 11.1 Å². The molecule has 19 heavy (non-hydrogen) atoms. The van der Waals surface area contributed by atoms with Crippen LogP contribution in [0, 0.1) is 24.1 Å². The van der Waals surface area contributed by atoms with Crippen molar-refractivity contribution in [2.45, 2.75) is 6.92 Å². The zero-order chi connectivity index (χ0) is 14.3. The molecule has 0 aliphatic heterocycles. The van der Waals surface area contributed by atoms with Gasteiger partial charge in [-0.25, -0.2) is 4.39 Å². The SMILES string of the molecule is Cc1cc(C#N)cc(-c2ccc(F)cc2)n1.O=CO. The molecule has 0 saturated heterocycles. The standard InChI is InChI=1S/C13H9FN2.CH2O2/c1-9-6-10(8-15)7-13(16-9)11-2-4-12(14)5-3-11;2-1-3/h2-7H,1H3;1H,(H,2,3). The van der Waals surface area contributed by atoms with Crippen LogP contribution in [0.1, 0.15) is 11.3 Å². The molecule has 1 aromatic heterocycles. The first-order valence-corrected chi connectivity index (χ1v) is 5.33. The number of aryl methyl sites for hydroxylation is 1. The fraction of sp³-hybridized carbons (Fsp3) is 0.0714. The van der Waals surface area contributed by atoms with Crippen molar-refractivity contribution >= 4 is 6.47 Å². The maximum Gasteiger partial charge on any atom is 0.290 e. The lowest BCUT2D eigenvalue weighted by atomic mass is 10.1. The highest BCUT2D eigenvalue weighted by Gasteiger charge is 2.02. The molecule has 0 bridgehead atoms. The van der Waals surface area contributed by atoms with E-state index < -0.39 is 0 Å². The van der Waals surface area contributed by atoms with Crippen molar-refractivity contribution < 1.29 is 14.3 Å². The molecule has 5 heteroatoms. The maximum atomic E-state index is 12.8. The Hall–Kier alpha value is -2.74. The minimum absolute atomic E-state index is 0.250. The van der Waals surface area contributed by atoms with Gasteiger partial charge in [0.25, 0.3) is 6.47 Å². The number of rotatable bonds is 1. The largest absolute Gasteiger partial charge is 0.483 e. The van der Waals surface area contributed by atoms with Crippen molar-refractivity contribution in [1.82, 2.24) is 4.98 Å². The summed E-state index contributed by atoms with van der Waals surface area (Å²) in [7, 11) is 0. The highest BCUT2D eigenvalue weighted by molar-refractivity contribution is 5.61. The Morgan fingerprint density at radius 2 is 1.89 bits per heavy atom. The maximum absolute atomic E-state index is 12.8. The van der Waals surface area contributed by atoms with E-state index in [4.69, 9.17) is 15.2 Å². The van der Waals surface area contributed by atoms with Gasteiger partial charge in [0.1, 0.15) is 5.82 Å². The van der Waals surface area contributed by atoms with E-state index >= 15 is 0 Å². The van der Waals surface area contributed by atoms with Crippen molar-refractivity contribution in [2.75, 3.05) is 0 Å². The smallest absolute Gasteiger partial charge is 0.290 e. The van der Waals surface area contributed by atoms with Gasteiger partial charge in [0.05, 0.1) is 17.3 Å². The highest BCUT2D eigenvalue weighted by atomic mass is 19.1. The number of hydrogen-bond donors (Lipinski definition) is 1. The van der Waals surface area contributed by atoms with Crippen molar-refractivity contribution in [2.24, 2.45) is 0 Å². The van der Waals surface area contributed by atoms with Crippen molar-refractivity contribution in [1.29, 1.82) is 5.26 Å². The van der Waals surface area contributed by atoms with Crippen LogP contribution in [0.4, 0.5) is 4.39 Å². The summed E-state index contributed by atoms with van der Waals surface area (Å²) in [6.07, 6.45) is 0. The van der Waals surface area contributed by atoms with Gasteiger partial charge in [-0.15, -0.1) is 0 Å². The lowest BCUT2D eigenvalue weighted by Crippen LogP contribution is -1.89. The topological polar surface area (TPSA) is 74.0 Å². The Balaban J connectivity index is 0.000000550. The number of carbonyl (C=O) groups is 1. The molecule has 0 spiro atoms. The fourth-order valence-electron chi connectivity index (χ4n) is 1.50. The first-order chi connectivity index (χ1) is 9.10. The predicted octanol–water partition coefficient (Wildman–Crippen LogP) is 2.77. The summed E-state index contributed by atoms with van der Waals surface area (Å²) in [5.41, 5.74) is 2.84. The summed E-state index contributed by atoms with van der Waals surface area (Å²) in [5.74, 6) is -0.281. The van der Waals surface area contributed by atoms with Gasteiger partial charge >= 0.3 is 0 Å². The second-order valence-electron chi connectivity index (χ2n) is 3.61. The van der Waals surface area contributed by atoms with Gasteiger partial charge in [0, 0.05) is 11.3 Å². The molecule has 2 aromatic rings. The van der Waals surface area contributed by atoms with Crippen molar-refractivity contribution in [3.63, 3.8) is 0 Å². The minimum Gasteiger partial charge on any atom is -0.483 e. The molecule has 1 aromatic carbocycles. The van der Waals surface area contributed by atoms with E-state index in [1.807, 2.05) is 6.92 Å². The van der Waals surface area contributed by atoms with Crippen LogP contribution in [0.25, 0.3) is 11.3 Å². The molecular formula is C14H11FN2O2. The Kier molecular flexibility index (Phi) is 5.17. The number of carboxylic acid groups (broad SMARTS) is 1. The van der Waals surface area contributed by atoms with Crippen LogP contribution in [0.15, 0.2) is 36.4 Å². The Morgan fingerprint density at radius 1 is 1.32 bits per heavy atom. The molecule has 1 N–H and O–H groups in total. The Bertz CT molecular complexity index is 604. The van der Waals surface area contributed by atoms with Crippen LogP contribution in [0.5, 0.6) is 0 Å². The number of nitrogens with zero attached hydrogens (tertiary/aromatic N) is 2. The second-order valence-corrected chi connectivity index (χ2v) is 3.61. The highest BCUT2D eigenvalue weighted by Crippen LogP contribution is 2.19. The molecule has 0 fully saturated rings. The molecule has 1 heterocycles. The third-order valence-corrected chi connectivity index (χ3v) is 2.22. The summed E-state index contributed by atoms with van der Waals surface area (Å²) in [6, 6.07) is 11.5. The fourth-order valence-corrected chi connectivity index (χ4v) is 1.50. The molecule has 0 saturated carbocycles. The van der Waals surface area contributed by atoms with Gasteiger partial charge in [-0.2, -0.15) is 5.26 Å². The van der Waals surface area contributed by atoms with E-state index in [0.717, 1.165) is 11.3 Å². The number of nitriles is 1. The van der Waals surface area contributed by atoms with E-state index in [0.29, 0.717) is 11.3 Å². The number of hydrogen-bond acceptors (Lipinski definition) is 3. The normalized spacial score (nSPS) is 8.89. The van der Waals surface area contributed by atoms with Gasteiger partial charge in [0.15, 0.2) is 0 Å². The average Bonchev–Trinajstić information content (AvgIpc) is 2.39. The molecule has 0 aliphatic carbocycles. The molecule has 2 rings (SSSR count). The van der Waals surface area contributed by atoms with Gasteiger partial charge in [-0.05, 0) is 43.3 Å². The first kappa shape index (κ1) is 14.3. The summed E-state index contributed by atoms with van der Waals surface area (Å²) < 4.78 is 12.8. The van der Waals surface area contributed by atoms with Crippen molar-refractivity contribution in [3.8, 4) is 17.3 Å². The third-order valence-electron chi connectivity index (χ3n) is 2.22. The molecule has 0 atom stereocenters. The second kappa shape index (κ2) is 6.87. The lowest BCUT2D eigenvalue weighted by Gasteiger charge is -2.02. The van der Waals surface area contributed by atoms with E-state index in [-0.39, 0.29) is 12.3 Å². The zero-order valence-electron chi connectivity index (χ0n) is 10.2. The average molecular weight is 258 g/mol. The van der Waals surface area contributed by atoms with E-state index in [9.17, 15) is 4.39 Å². The molecule has 4 nitrogen and oxygen atoms in total. The molecule has 0 aliphatic rings. The first-order valence-electron chi connectivity index (χ1n) is 5.33. The monoisotopic (exact) mass is 258 g/mol. The molecule has 0 amide bonds. The summed E-state index contributed by atoms with van der Waals surface area (Å²) in [4.78, 5) is 12.7. The molecule has 96 valence electrons. The number of aromatic nitrogens is 1. The quantitative estimate of drug-likeness (QED) is 0.798. The number of pyridine rings is 1. The van der Waals surface area contributed by atoms with E-state index in [1.54, 1.807) is 24.3 Å². The van der Waals surface area contributed by atoms with Crippen molar-refractivity contribution in [3.05, 3.63) is 53.5 Å². The zero-order valence-corrected chi connectivity index (χ0v) is 10.2. The van der Waals surface area contributed by atoms with Gasteiger partial charge in [0.2, 0.25) is 0 Å². The van der Waals surface area contributed by atoms with Crippen LogP contribution in [-0.2, 0) is 4.79 Å². The predicted molar refractivity (Wildman–Crippen MR) is 67.8 cm³/mol. The number of halogens is 1. The van der Waals surface area contributed by atoms with Gasteiger partial charge < -0.3 is 5.11 Å². The lowest BCUT2D eigenvalue weighted by molar-refractivity contribution is -0.122. The van der Waals surface area contributed by atoms with Crippen LogP contribution in [0.3, 0.4) is 0 Å². The van der Waals surface area contributed by atoms with Crippen LogP contribution >= 0.6 is 0 Å². The summed E-state index contributed by atoms with van der Waals surface area (Å²) >= 11 is 0. The van der Waals surface area contributed by atoms with E-state index in [1.165, 1.54) is 12.1 Å². The number of benzene rings is 1. The molecule has 0 unspecified atom stereocenters. The molecule has 0 radical (unpaired) electrons. The van der Waals surface area contributed by atoms with Crippen LogP contribution in [0.2, 0.25) is 0 Å².